The molecule has 0 aliphatic rings. The minimum Gasteiger partial charge on any atom is -0.481 e. The van der Waals surface area contributed by atoms with Crippen LogP contribution in [0.4, 0.5) is 0 Å². The number of ether oxygens (including phenoxy) is 11. The van der Waals surface area contributed by atoms with Gasteiger partial charge in [-0.3, -0.25) is 9.59 Å². The van der Waals surface area contributed by atoms with E-state index in [9.17, 15) is 9.59 Å². The number of amides is 1. The molecule has 0 aromatic carbocycles. The predicted molar refractivity (Wildman–Crippen MR) is 173 cm³/mol. The maximum absolute atomic E-state index is 11.4. The molecule has 0 aliphatic carbocycles. The van der Waals surface area contributed by atoms with Gasteiger partial charge in [0.25, 0.3) is 0 Å². The molecule has 0 unspecified atom stereocenters. The molecule has 0 saturated carbocycles. The van der Waals surface area contributed by atoms with E-state index in [2.05, 4.69) is 12.2 Å². The van der Waals surface area contributed by atoms with E-state index in [4.69, 9.17) is 57.2 Å². The lowest BCUT2D eigenvalue weighted by atomic mass is 10.3. The summed E-state index contributed by atoms with van der Waals surface area (Å²) in [6.45, 7) is 14.1. The van der Waals surface area contributed by atoms with Crippen molar-refractivity contribution in [2.75, 3.05) is 152 Å². The van der Waals surface area contributed by atoms with Crippen molar-refractivity contribution in [1.29, 1.82) is 0 Å². The summed E-state index contributed by atoms with van der Waals surface area (Å²) in [6, 6.07) is 0. The normalized spacial score (nSPS) is 11.3. The summed E-state index contributed by atoms with van der Waals surface area (Å²) in [5.41, 5.74) is 0. The third kappa shape index (κ3) is 42.5. The van der Waals surface area contributed by atoms with Gasteiger partial charge in [0.05, 0.1) is 139 Å². The number of carbonyl (C=O) groups excluding carboxylic acids is 1. The first-order chi connectivity index (χ1) is 23.2. The highest BCUT2D eigenvalue weighted by atomic mass is 16.6. The van der Waals surface area contributed by atoms with Gasteiger partial charge in [-0.1, -0.05) is 19.8 Å². The highest BCUT2D eigenvalue weighted by Crippen LogP contribution is 1.94. The Morgan fingerprint density at radius 1 is 0.404 bits per heavy atom. The molecular weight excluding hydrogens is 622 g/mol. The van der Waals surface area contributed by atoms with Crippen molar-refractivity contribution in [2.24, 2.45) is 0 Å². The molecule has 0 fully saturated rings. The molecular formula is C32H63NO14. The molecule has 15 heteroatoms. The molecule has 0 spiro atoms. The minimum atomic E-state index is -0.982. The summed E-state index contributed by atoms with van der Waals surface area (Å²) in [4.78, 5) is 21.8. The first-order valence-electron chi connectivity index (χ1n) is 17.0. The van der Waals surface area contributed by atoms with Crippen LogP contribution in [0.1, 0.15) is 45.4 Å². The van der Waals surface area contributed by atoms with Crippen molar-refractivity contribution < 1.29 is 66.8 Å². The Labute approximate surface area is 281 Å². The largest absolute Gasteiger partial charge is 0.481 e. The van der Waals surface area contributed by atoms with E-state index in [0.717, 1.165) is 13.0 Å². The zero-order valence-corrected chi connectivity index (χ0v) is 28.8. The maximum Gasteiger partial charge on any atom is 0.303 e. The van der Waals surface area contributed by atoms with E-state index in [1.807, 2.05) is 0 Å². The zero-order valence-electron chi connectivity index (χ0n) is 28.8. The molecule has 280 valence electrons. The second-order valence-electron chi connectivity index (χ2n) is 10.0. The smallest absolute Gasteiger partial charge is 0.303 e. The van der Waals surface area contributed by atoms with E-state index >= 15 is 0 Å². The van der Waals surface area contributed by atoms with Crippen LogP contribution in [0, 0.1) is 0 Å². The Kier molecular flexibility index (Phi) is 39.4. The fourth-order valence-corrected chi connectivity index (χ4v) is 3.47. The van der Waals surface area contributed by atoms with Crippen LogP contribution in [0.25, 0.3) is 0 Å². The van der Waals surface area contributed by atoms with Crippen molar-refractivity contribution in [3.05, 3.63) is 0 Å². The van der Waals surface area contributed by atoms with Gasteiger partial charge in [0.1, 0.15) is 0 Å². The Morgan fingerprint density at radius 2 is 0.681 bits per heavy atom. The minimum absolute atomic E-state index is 0.00885. The fraction of sp³-hybridized carbons (Fsp3) is 0.938. The van der Waals surface area contributed by atoms with E-state index in [0.29, 0.717) is 152 Å². The van der Waals surface area contributed by atoms with Crippen molar-refractivity contribution in [1.82, 2.24) is 5.32 Å². The van der Waals surface area contributed by atoms with Crippen LogP contribution in [-0.4, -0.2) is 169 Å². The SMILES string of the molecule is CCCCCOCCOCCOCCOCCOCCOCCOCCOCCOCCOCCOCCCNC(=O)CCC(=O)O. The number of carbonyl (C=O) groups is 2. The average Bonchev–Trinajstić information content (AvgIpc) is 3.06. The molecule has 0 saturated heterocycles. The quantitative estimate of drug-likeness (QED) is 0.0893. The molecule has 0 aliphatic heterocycles. The van der Waals surface area contributed by atoms with Crippen molar-refractivity contribution >= 4 is 11.9 Å². The predicted octanol–water partition coefficient (Wildman–Crippen LogP) is 1.73. The third-order valence-corrected chi connectivity index (χ3v) is 5.97. The van der Waals surface area contributed by atoms with Gasteiger partial charge >= 0.3 is 5.97 Å². The Balaban J connectivity index is 3.08. The van der Waals surface area contributed by atoms with Gasteiger partial charge < -0.3 is 62.5 Å². The summed E-state index contributed by atoms with van der Waals surface area (Å²) in [7, 11) is 0. The first-order valence-corrected chi connectivity index (χ1v) is 17.0. The highest BCUT2D eigenvalue weighted by Gasteiger charge is 2.04. The van der Waals surface area contributed by atoms with Crippen LogP contribution in [0.2, 0.25) is 0 Å². The number of hydrogen-bond donors (Lipinski definition) is 2. The van der Waals surface area contributed by atoms with Gasteiger partial charge in [-0.15, -0.1) is 0 Å². The molecule has 0 heterocycles. The molecule has 0 rings (SSSR count). The molecule has 15 nitrogen and oxygen atoms in total. The molecule has 0 radical (unpaired) electrons. The fourth-order valence-electron chi connectivity index (χ4n) is 3.47. The molecule has 1 amide bonds. The summed E-state index contributed by atoms with van der Waals surface area (Å²) in [5, 5.41) is 11.2. The van der Waals surface area contributed by atoms with Crippen molar-refractivity contribution in [2.45, 2.75) is 45.4 Å². The third-order valence-electron chi connectivity index (χ3n) is 5.97. The number of aliphatic carboxylic acids is 1. The van der Waals surface area contributed by atoms with Crippen LogP contribution in [0.3, 0.4) is 0 Å². The number of hydrogen-bond acceptors (Lipinski definition) is 13. The molecule has 0 atom stereocenters. The van der Waals surface area contributed by atoms with Gasteiger partial charge in [0.15, 0.2) is 0 Å². The Hall–Kier alpha value is -1.50. The lowest BCUT2D eigenvalue weighted by molar-refractivity contribution is -0.138. The Morgan fingerprint density at radius 3 is 0.957 bits per heavy atom. The molecule has 0 aromatic heterocycles. The second-order valence-corrected chi connectivity index (χ2v) is 10.0. The van der Waals surface area contributed by atoms with E-state index in [1.54, 1.807) is 0 Å². The number of rotatable bonds is 41. The molecule has 0 bridgehead atoms. The summed E-state index contributed by atoms with van der Waals surface area (Å²) >= 11 is 0. The lowest BCUT2D eigenvalue weighted by Crippen LogP contribution is -2.25. The van der Waals surface area contributed by atoms with Gasteiger partial charge in [-0.2, -0.15) is 0 Å². The topological polar surface area (TPSA) is 168 Å². The number of carboxylic acid groups (broad SMARTS) is 1. The van der Waals surface area contributed by atoms with Crippen molar-refractivity contribution in [3.63, 3.8) is 0 Å². The van der Waals surface area contributed by atoms with Gasteiger partial charge in [-0.05, 0) is 12.8 Å². The molecule has 47 heavy (non-hydrogen) atoms. The summed E-state index contributed by atoms with van der Waals surface area (Å²) in [6.07, 6.45) is 4.01. The Bertz CT molecular complexity index is 647. The number of nitrogens with one attached hydrogen (secondary N) is 1. The van der Waals surface area contributed by atoms with Crippen LogP contribution >= 0.6 is 0 Å². The first kappa shape index (κ1) is 45.5. The number of unbranched alkanes of at least 4 members (excludes halogenated alkanes) is 2. The van der Waals surface area contributed by atoms with E-state index in [-0.39, 0.29) is 18.7 Å². The number of carboxylic acids is 1. The van der Waals surface area contributed by atoms with E-state index < -0.39 is 5.97 Å². The molecule has 2 N–H and O–H groups in total. The van der Waals surface area contributed by atoms with Crippen LogP contribution < -0.4 is 5.32 Å². The second kappa shape index (κ2) is 40.7. The summed E-state index contributed by atoms with van der Waals surface area (Å²) in [5.74, 6) is -1.25. The highest BCUT2D eigenvalue weighted by molar-refractivity contribution is 5.80. The van der Waals surface area contributed by atoms with Crippen LogP contribution in [0.15, 0.2) is 0 Å². The standard InChI is InChI=1S/C32H63NO14/c1-2-3-4-9-37-11-13-39-15-17-41-19-21-43-23-25-45-27-29-47-30-28-46-26-24-44-22-20-42-18-16-40-14-12-38-10-5-8-33-31(34)6-7-32(35)36/h2-30H2,1H3,(H,33,34)(H,35,36). The maximum atomic E-state index is 11.4. The van der Waals surface area contributed by atoms with Gasteiger partial charge in [0.2, 0.25) is 5.91 Å². The van der Waals surface area contributed by atoms with Crippen LogP contribution in [-0.2, 0) is 61.7 Å². The molecule has 0 aromatic rings. The van der Waals surface area contributed by atoms with Crippen molar-refractivity contribution in [3.8, 4) is 0 Å². The monoisotopic (exact) mass is 685 g/mol. The van der Waals surface area contributed by atoms with Gasteiger partial charge in [-0.25, -0.2) is 0 Å². The van der Waals surface area contributed by atoms with E-state index in [1.165, 1.54) is 12.8 Å². The zero-order chi connectivity index (χ0) is 34.1. The van der Waals surface area contributed by atoms with Gasteiger partial charge in [0, 0.05) is 26.2 Å². The lowest BCUT2D eigenvalue weighted by Gasteiger charge is -2.09. The average molecular weight is 686 g/mol. The van der Waals surface area contributed by atoms with Crippen LogP contribution in [0.5, 0.6) is 0 Å². The summed E-state index contributed by atoms with van der Waals surface area (Å²) < 4.78 is 60.0.